The predicted molar refractivity (Wildman–Crippen MR) is 78.0 cm³/mol. The fraction of sp³-hybridized carbons (Fsp3) is 0.562. The van der Waals surface area contributed by atoms with Gasteiger partial charge in [-0.15, -0.1) is 0 Å². The Morgan fingerprint density at radius 2 is 1.95 bits per heavy atom. The van der Waals surface area contributed by atoms with Gasteiger partial charge in [-0.05, 0) is 36.9 Å². The van der Waals surface area contributed by atoms with E-state index in [2.05, 4.69) is 32.2 Å². The molecule has 1 aromatic rings. The second-order valence-corrected chi connectivity index (χ2v) is 5.04. The van der Waals surface area contributed by atoms with Crippen molar-refractivity contribution in [2.75, 3.05) is 13.2 Å². The molecule has 0 aromatic heterocycles. The van der Waals surface area contributed by atoms with Crippen LogP contribution < -0.4 is 5.32 Å². The van der Waals surface area contributed by atoms with Crippen molar-refractivity contribution in [2.24, 2.45) is 5.92 Å². The van der Waals surface area contributed by atoms with Crippen molar-refractivity contribution < 1.29 is 9.53 Å². The highest BCUT2D eigenvalue weighted by Gasteiger charge is 2.23. The van der Waals surface area contributed by atoms with E-state index in [0.717, 1.165) is 18.5 Å². The summed E-state index contributed by atoms with van der Waals surface area (Å²) in [6.45, 7) is 9.39. The molecule has 0 aliphatic carbocycles. The average molecular weight is 263 g/mol. The Morgan fingerprint density at radius 3 is 2.53 bits per heavy atom. The summed E-state index contributed by atoms with van der Waals surface area (Å²) in [7, 11) is 0. The highest BCUT2D eigenvalue weighted by atomic mass is 16.5. The molecule has 0 spiro atoms. The molecule has 3 nitrogen and oxygen atoms in total. The molecule has 1 aromatic carbocycles. The van der Waals surface area contributed by atoms with Crippen LogP contribution in [0.1, 0.15) is 44.9 Å². The third kappa shape index (κ3) is 4.67. The van der Waals surface area contributed by atoms with Crippen LogP contribution in [0.2, 0.25) is 0 Å². The molecule has 0 amide bonds. The summed E-state index contributed by atoms with van der Waals surface area (Å²) in [5.41, 5.74) is 2.22. The molecule has 1 unspecified atom stereocenters. The molecule has 1 rings (SSSR count). The summed E-state index contributed by atoms with van der Waals surface area (Å²) in [5, 5.41) is 3.32. The summed E-state index contributed by atoms with van der Waals surface area (Å²) < 4.78 is 5.19. The van der Waals surface area contributed by atoms with Gasteiger partial charge in [0.15, 0.2) is 0 Å². The third-order valence-electron chi connectivity index (χ3n) is 3.00. The van der Waals surface area contributed by atoms with E-state index < -0.39 is 0 Å². The number of carbonyl (C=O) groups excluding carboxylic acids is 1. The highest BCUT2D eigenvalue weighted by molar-refractivity contribution is 5.78. The van der Waals surface area contributed by atoms with Gasteiger partial charge in [-0.2, -0.15) is 0 Å². The third-order valence-corrected chi connectivity index (χ3v) is 3.00. The number of rotatable bonds is 7. The van der Waals surface area contributed by atoms with Gasteiger partial charge < -0.3 is 10.1 Å². The van der Waals surface area contributed by atoms with Crippen molar-refractivity contribution in [3.63, 3.8) is 0 Å². The lowest BCUT2D eigenvalue weighted by Gasteiger charge is -2.21. The van der Waals surface area contributed by atoms with Gasteiger partial charge in [0.25, 0.3) is 0 Å². The van der Waals surface area contributed by atoms with Crippen LogP contribution in [0, 0.1) is 5.92 Å². The van der Waals surface area contributed by atoms with Crippen molar-refractivity contribution in [2.45, 2.75) is 40.2 Å². The Bertz CT molecular complexity index is 401. The van der Waals surface area contributed by atoms with Crippen LogP contribution in [0.4, 0.5) is 0 Å². The van der Waals surface area contributed by atoms with Crippen molar-refractivity contribution in [3.05, 3.63) is 35.4 Å². The van der Waals surface area contributed by atoms with Gasteiger partial charge in [0.05, 0.1) is 6.61 Å². The molecule has 0 radical (unpaired) electrons. The van der Waals surface area contributed by atoms with Crippen LogP contribution in [-0.4, -0.2) is 19.1 Å². The van der Waals surface area contributed by atoms with E-state index in [1.807, 2.05) is 25.1 Å². The lowest BCUT2D eigenvalue weighted by Crippen LogP contribution is -2.33. The maximum atomic E-state index is 12.1. The first kappa shape index (κ1) is 15.7. The SMILES string of the molecule is CCOC(=O)C(NCC(C)C)c1ccccc1CC. The van der Waals surface area contributed by atoms with Gasteiger partial charge >= 0.3 is 5.97 Å². The molecule has 0 saturated heterocycles. The summed E-state index contributed by atoms with van der Waals surface area (Å²) in [4.78, 5) is 12.1. The summed E-state index contributed by atoms with van der Waals surface area (Å²) in [6, 6.07) is 7.69. The number of carbonyl (C=O) groups is 1. The zero-order valence-corrected chi connectivity index (χ0v) is 12.4. The van der Waals surface area contributed by atoms with E-state index >= 15 is 0 Å². The smallest absolute Gasteiger partial charge is 0.327 e. The molecule has 0 heterocycles. The number of ether oxygens (including phenoxy) is 1. The van der Waals surface area contributed by atoms with E-state index in [0.29, 0.717) is 12.5 Å². The Kier molecular flexibility index (Phi) is 6.57. The molecule has 0 saturated carbocycles. The summed E-state index contributed by atoms with van der Waals surface area (Å²) >= 11 is 0. The first-order valence-electron chi connectivity index (χ1n) is 7.07. The molecule has 106 valence electrons. The minimum Gasteiger partial charge on any atom is -0.465 e. The average Bonchev–Trinajstić information content (AvgIpc) is 2.39. The standard InChI is InChI=1S/C16H25NO2/c1-5-13-9-7-8-10-14(13)15(16(18)19-6-2)17-11-12(3)4/h7-10,12,15,17H,5-6,11H2,1-4H3. The Labute approximate surface area is 116 Å². The Morgan fingerprint density at radius 1 is 1.26 bits per heavy atom. The fourth-order valence-electron chi connectivity index (χ4n) is 2.04. The number of benzene rings is 1. The van der Waals surface area contributed by atoms with E-state index in [-0.39, 0.29) is 12.0 Å². The molecule has 0 bridgehead atoms. The number of hydrogen-bond acceptors (Lipinski definition) is 3. The van der Waals surface area contributed by atoms with Gasteiger partial charge in [0, 0.05) is 0 Å². The van der Waals surface area contributed by atoms with Gasteiger partial charge in [-0.1, -0.05) is 45.0 Å². The van der Waals surface area contributed by atoms with E-state index in [9.17, 15) is 4.79 Å². The maximum absolute atomic E-state index is 12.1. The van der Waals surface area contributed by atoms with Gasteiger partial charge in [-0.25, -0.2) is 4.79 Å². The molecular formula is C16H25NO2. The number of aryl methyl sites for hydroxylation is 1. The molecule has 0 aliphatic heterocycles. The van der Waals surface area contributed by atoms with Crippen molar-refractivity contribution >= 4 is 5.97 Å². The Balaban J connectivity index is 2.97. The van der Waals surface area contributed by atoms with Gasteiger partial charge in [0.1, 0.15) is 6.04 Å². The van der Waals surface area contributed by atoms with Crippen LogP contribution >= 0.6 is 0 Å². The van der Waals surface area contributed by atoms with E-state index in [1.165, 1.54) is 5.56 Å². The van der Waals surface area contributed by atoms with Gasteiger partial charge in [0.2, 0.25) is 0 Å². The normalized spacial score (nSPS) is 12.5. The van der Waals surface area contributed by atoms with Crippen LogP contribution in [0.15, 0.2) is 24.3 Å². The number of nitrogens with one attached hydrogen (secondary N) is 1. The largest absolute Gasteiger partial charge is 0.465 e. The minimum atomic E-state index is -0.363. The topological polar surface area (TPSA) is 38.3 Å². The first-order chi connectivity index (χ1) is 9.10. The van der Waals surface area contributed by atoms with E-state index in [1.54, 1.807) is 0 Å². The quantitative estimate of drug-likeness (QED) is 0.768. The van der Waals surface area contributed by atoms with Crippen LogP contribution in [0.25, 0.3) is 0 Å². The molecule has 3 heteroatoms. The van der Waals surface area contributed by atoms with E-state index in [4.69, 9.17) is 4.74 Å². The van der Waals surface area contributed by atoms with Crippen molar-refractivity contribution in [1.82, 2.24) is 5.32 Å². The van der Waals surface area contributed by atoms with Gasteiger partial charge in [-0.3, -0.25) is 0 Å². The number of hydrogen-bond donors (Lipinski definition) is 1. The predicted octanol–water partition coefficient (Wildman–Crippen LogP) is 3.10. The zero-order chi connectivity index (χ0) is 14.3. The number of esters is 1. The summed E-state index contributed by atoms with van der Waals surface area (Å²) in [6.07, 6.45) is 0.912. The zero-order valence-electron chi connectivity index (χ0n) is 12.4. The van der Waals surface area contributed by atoms with Crippen molar-refractivity contribution in [1.29, 1.82) is 0 Å². The fourth-order valence-corrected chi connectivity index (χ4v) is 2.04. The molecule has 1 N–H and O–H groups in total. The highest BCUT2D eigenvalue weighted by Crippen LogP contribution is 2.20. The summed E-state index contributed by atoms with van der Waals surface area (Å²) in [5.74, 6) is 0.301. The van der Waals surface area contributed by atoms with Crippen LogP contribution in [0.3, 0.4) is 0 Å². The molecule has 19 heavy (non-hydrogen) atoms. The minimum absolute atomic E-state index is 0.191. The second-order valence-electron chi connectivity index (χ2n) is 5.04. The van der Waals surface area contributed by atoms with Crippen LogP contribution in [-0.2, 0) is 16.0 Å². The monoisotopic (exact) mass is 263 g/mol. The Hall–Kier alpha value is -1.35. The lowest BCUT2D eigenvalue weighted by atomic mass is 9.98. The lowest BCUT2D eigenvalue weighted by molar-refractivity contribution is -0.145. The first-order valence-corrected chi connectivity index (χ1v) is 7.07. The molecular weight excluding hydrogens is 238 g/mol. The second kappa shape index (κ2) is 7.95. The maximum Gasteiger partial charge on any atom is 0.327 e. The molecule has 0 aliphatic rings. The molecule has 1 atom stereocenters. The van der Waals surface area contributed by atoms with Crippen LogP contribution in [0.5, 0.6) is 0 Å². The van der Waals surface area contributed by atoms with Crippen molar-refractivity contribution in [3.8, 4) is 0 Å². The molecule has 0 fully saturated rings.